The predicted octanol–water partition coefficient (Wildman–Crippen LogP) is 4.23. The molecule has 1 rings (SSSR count). The highest BCUT2D eigenvalue weighted by Gasteiger charge is 2.48. The third-order valence-corrected chi connectivity index (χ3v) is 7.94. The Morgan fingerprint density at radius 1 is 0.791 bits per heavy atom. The molecule has 12 nitrogen and oxygen atoms in total. The van der Waals surface area contributed by atoms with Crippen LogP contribution < -0.4 is 0 Å². The molecule has 0 bridgehead atoms. The standard InChI is InChI=1S/C30H58O12S/c1-3-5-7-9-11-12-13-14-16-18-20-38-22-24(40-26(32)19-17-15-10-8-6-4-2)23-39-30-28(34)29(42-43(35,36)37)27(33)25(21-31)41-30/h24-25,27-31,33-34H,3-23H2,1-2H3,(H,35,36,37). The first-order valence-corrected chi connectivity index (χ1v) is 17.7. The van der Waals surface area contributed by atoms with E-state index in [9.17, 15) is 28.5 Å². The first-order valence-electron chi connectivity index (χ1n) is 16.3. The third-order valence-electron chi connectivity index (χ3n) is 7.48. The fourth-order valence-corrected chi connectivity index (χ4v) is 5.47. The molecule has 0 saturated carbocycles. The van der Waals surface area contributed by atoms with Gasteiger partial charge >= 0.3 is 16.4 Å². The minimum atomic E-state index is -5.04. The summed E-state index contributed by atoms with van der Waals surface area (Å²) in [6.07, 6.45) is 9.09. The Labute approximate surface area is 258 Å². The number of carbonyl (C=O) groups excluding carboxylic acids is 1. The molecule has 1 aliphatic rings. The van der Waals surface area contributed by atoms with Crippen molar-refractivity contribution in [3.63, 3.8) is 0 Å². The van der Waals surface area contributed by atoms with Crippen LogP contribution in [0.3, 0.4) is 0 Å². The molecule has 0 amide bonds. The number of unbranched alkanes of at least 4 members (excludes halogenated alkanes) is 14. The first-order chi connectivity index (χ1) is 20.6. The first kappa shape index (κ1) is 40.1. The molecule has 6 unspecified atom stereocenters. The smallest absolute Gasteiger partial charge is 0.397 e. The van der Waals surface area contributed by atoms with Gasteiger partial charge in [-0.15, -0.1) is 0 Å². The lowest BCUT2D eigenvalue weighted by atomic mass is 9.99. The molecule has 1 saturated heterocycles. The van der Waals surface area contributed by atoms with Crippen LogP contribution >= 0.6 is 0 Å². The van der Waals surface area contributed by atoms with Crippen LogP contribution in [0.2, 0.25) is 0 Å². The fraction of sp³-hybridized carbons (Fsp3) is 0.967. The molecule has 0 aliphatic carbocycles. The topological polar surface area (TPSA) is 178 Å². The molecule has 13 heteroatoms. The predicted molar refractivity (Wildman–Crippen MR) is 161 cm³/mol. The van der Waals surface area contributed by atoms with E-state index in [1.54, 1.807) is 0 Å². The van der Waals surface area contributed by atoms with Crippen LogP contribution in [0.1, 0.15) is 123 Å². The van der Waals surface area contributed by atoms with Crippen LogP contribution in [0.15, 0.2) is 0 Å². The molecule has 0 radical (unpaired) electrons. The molecule has 6 atom stereocenters. The Bertz CT molecular complexity index is 796. The number of aliphatic hydroxyl groups excluding tert-OH is 3. The van der Waals surface area contributed by atoms with E-state index in [1.807, 2.05) is 0 Å². The second-order valence-corrected chi connectivity index (χ2v) is 12.5. The van der Waals surface area contributed by atoms with E-state index in [4.69, 9.17) is 23.5 Å². The van der Waals surface area contributed by atoms with Gasteiger partial charge in [-0.1, -0.05) is 104 Å². The molecule has 0 aromatic rings. The largest absolute Gasteiger partial charge is 0.457 e. The van der Waals surface area contributed by atoms with E-state index in [1.165, 1.54) is 51.4 Å². The van der Waals surface area contributed by atoms with Crippen molar-refractivity contribution in [1.82, 2.24) is 0 Å². The van der Waals surface area contributed by atoms with Crippen LogP contribution in [-0.4, -0.2) is 97.5 Å². The highest BCUT2D eigenvalue weighted by molar-refractivity contribution is 7.80. The van der Waals surface area contributed by atoms with Crippen LogP contribution in [0.4, 0.5) is 0 Å². The van der Waals surface area contributed by atoms with Gasteiger partial charge in [0.25, 0.3) is 0 Å². The summed E-state index contributed by atoms with van der Waals surface area (Å²) in [4.78, 5) is 12.5. The summed E-state index contributed by atoms with van der Waals surface area (Å²) in [5, 5.41) is 30.3. The number of hydrogen-bond donors (Lipinski definition) is 4. The molecular formula is C30H58O12S. The summed E-state index contributed by atoms with van der Waals surface area (Å²) < 4.78 is 58.3. The van der Waals surface area contributed by atoms with E-state index < -0.39 is 59.8 Å². The minimum absolute atomic E-state index is 0.0412. The van der Waals surface area contributed by atoms with Crippen LogP contribution in [0, 0.1) is 0 Å². The molecule has 4 N–H and O–H groups in total. The number of aliphatic hydroxyl groups is 3. The highest BCUT2D eigenvalue weighted by Crippen LogP contribution is 2.26. The quantitative estimate of drug-likeness (QED) is 0.0570. The van der Waals surface area contributed by atoms with Crippen molar-refractivity contribution >= 4 is 16.4 Å². The summed E-state index contributed by atoms with van der Waals surface area (Å²) in [6, 6.07) is 0. The molecule has 0 aromatic heterocycles. The lowest BCUT2D eigenvalue weighted by Gasteiger charge is -2.41. The van der Waals surface area contributed by atoms with Crippen molar-refractivity contribution in [2.75, 3.05) is 26.4 Å². The normalized spacial score (nSPS) is 23.3. The second-order valence-electron chi connectivity index (χ2n) is 11.4. The molecule has 0 spiro atoms. The van der Waals surface area contributed by atoms with Gasteiger partial charge in [0.2, 0.25) is 0 Å². The average molecular weight is 643 g/mol. The summed E-state index contributed by atoms with van der Waals surface area (Å²) >= 11 is 0. The van der Waals surface area contributed by atoms with Crippen LogP contribution in [0.25, 0.3) is 0 Å². The van der Waals surface area contributed by atoms with Gasteiger partial charge in [0.15, 0.2) is 6.29 Å². The third kappa shape index (κ3) is 19.3. The van der Waals surface area contributed by atoms with Gasteiger partial charge in [-0.2, -0.15) is 8.42 Å². The average Bonchev–Trinajstić information content (AvgIpc) is 2.96. The Balaban J connectivity index is 2.58. The highest BCUT2D eigenvalue weighted by atomic mass is 32.3. The van der Waals surface area contributed by atoms with Gasteiger partial charge in [-0.3, -0.25) is 9.35 Å². The van der Waals surface area contributed by atoms with E-state index in [2.05, 4.69) is 18.0 Å². The molecule has 0 aromatic carbocycles. The monoisotopic (exact) mass is 642 g/mol. The maximum absolute atomic E-state index is 12.5. The van der Waals surface area contributed by atoms with Gasteiger partial charge in [0.05, 0.1) is 19.8 Å². The van der Waals surface area contributed by atoms with Crippen molar-refractivity contribution in [1.29, 1.82) is 0 Å². The molecule has 256 valence electrons. The maximum Gasteiger partial charge on any atom is 0.397 e. The summed E-state index contributed by atoms with van der Waals surface area (Å²) in [6.45, 7) is 3.87. The van der Waals surface area contributed by atoms with E-state index >= 15 is 0 Å². The minimum Gasteiger partial charge on any atom is -0.457 e. The van der Waals surface area contributed by atoms with Crippen molar-refractivity contribution in [3.8, 4) is 0 Å². The van der Waals surface area contributed by atoms with Gasteiger partial charge in [0.1, 0.15) is 30.5 Å². The van der Waals surface area contributed by atoms with Crippen molar-refractivity contribution in [2.45, 2.75) is 160 Å². The van der Waals surface area contributed by atoms with Gasteiger partial charge in [-0.05, 0) is 12.8 Å². The zero-order valence-corrected chi connectivity index (χ0v) is 27.1. The Hall–Kier alpha value is -0.900. The molecule has 1 heterocycles. The fourth-order valence-electron chi connectivity index (χ4n) is 4.96. The lowest BCUT2D eigenvalue weighted by molar-refractivity contribution is -0.301. The summed E-state index contributed by atoms with van der Waals surface area (Å²) in [7, 11) is -5.04. The van der Waals surface area contributed by atoms with Crippen molar-refractivity contribution < 1.29 is 56.2 Å². The van der Waals surface area contributed by atoms with Gasteiger partial charge in [-0.25, -0.2) is 4.18 Å². The lowest BCUT2D eigenvalue weighted by Crippen LogP contribution is -2.60. The number of esters is 1. The second kappa shape index (κ2) is 24.3. The molecule has 1 aliphatic heterocycles. The SMILES string of the molecule is CCCCCCCCCCCCOCC(COC1OC(CO)C(O)C(OS(=O)(=O)O)C1O)OC(=O)CCCCCCCC. The summed E-state index contributed by atoms with van der Waals surface area (Å²) in [5.74, 6) is -0.409. The van der Waals surface area contributed by atoms with Gasteiger partial charge in [0, 0.05) is 13.0 Å². The molecular weight excluding hydrogens is 584 g/mol. The maximum atomic E-state index is 12.5. The Morgan fingerprint density at radius 3 is 1.86 bits per heavy atom. The van der Waals surface area contributed by atoms with Crippen LogP contribution in [-0.2, 0) is 38.3 Å². The van der Waals surface area contributed by atoms with E-state index in [-0.39, 0.29) is 19.6 Å². The number of carbonyl (C=O) groups is 1. The zero-order valence-electron chi connectivity index (χ0n) is 26.3. The number of ether oxygens (including phenoxy) is 4. The van der Waals surface area contributed by atoms with Crippen LogP contribution in [0.5, 0.6) is 0 Å². The number of rotatable bonds is 27. The number of hydrogen-bond acceptors (Lipinski definition) is 11. The molecule has 43 heavy (non-hydrogen) atoms. The Kier molecular flexibility index (Phi) is 22.7. The Morgan fingerprint density at radius 2 is 1.33 bits per heavy atom. The van der Waals surface area contributed by atoms with Crippen molar-refractivity contribution in [2.24, 2.45) is 0 Å². The van der Waals surface area contributed by atoms with Crippen molar-refractivity contribution in [3.05, 3.63) is 0 Å². The summed E-state index contributed by atoms with van der Waals surface area (Å²) in [5.41, 5.74) is 0. The van der Waals surface area contributed by atoms with Gasteiger partial charge < -0.3 is 34.3 Å². The van der Waals surface area contributed by atoms with E-state index in [0.29, 0.717) is 13.0 Å². The van der Waals surface area contributed by atoms with E-state index in [0.717, 1.165) is 44.9 Å². The zero-order chi connectivity index (χ0) is 31.9. The molecule has 1 fully saturated rings.